The van der Waals surface area contributed by atoms with Gasteiger partial charge in [0.15, 0.2) is 0 Å². The van der Waals surface area contributed by atoms with Crippen molar-refractivity contribution in [2.24, 2.45) is 0 Å². The zero-order chi connectivity index (χ0) is 21.1. The maximum Gasteiger partial charge on any atom is 0.266 e. The van der Waals surface area contributed by atoms with Crippen LogP contribution < -0.4 is 10.3 Å². The number of aromatic nitrogens is 3. The van der Waals surface area contributed by atoms with Crippen molar-refractivity contribution in [3.05, 3.63) is 57.9 Å². The molecule has 1 aromatic carbocycles. The fraction of sp³-hybridized carbons (Fsp3) is 0.435. The molecule has 158 valence electrons. The van der Waals surface area contributed by atoms with Crippen molar-refractivity contribution in [1.29, 1.82) is 0 Å². The first-order valence-corrected chi connectivity index (χ1v) is 11.0. The van der Waals surface area contributed by atoms with Gasteiger partial charge in [-0.15, -0.1) is 0 Å². The minimum atomic E-state index is -0.144. The van der Waals surface area contributed by atoms with Gasteiger partial charge in [0.05, 0.1) is 29.4 Å². The van der Waals surface area contributed by atoms with E-state index in [-0.39, 0.29) is 10.7 Å². The minimum absolute atomic E-state index is 0.144. The Morgan fingerprint density at radius 2 is 2.07 bits per heavy atom. The summed E-state index contributed by atoms with van der Waals surface area (Å²) in [6, 6.07) is 9.87. The molecule has 0 spiro atoms. The van der Waals surface area contributed by atoms with Crippen molar-refractivity contribution in [1.82, 2.24) is 19.4 Å². The summed E-state index contributed by atoms with van der Waals surface area (Å²) in [6.07, 6.45) is 5.78. The van der Waals surface area contributed by atoms with Gasteiger partial charge in [-0.05, 0) is 63.1 Å². The molecule has 0 N–H and O–H groups in total. The first-order valence-electron chi connectivity index (χ1n) is 10.6. The van der Waals surface area contributed by atoms with Gasteiger partial charge in [-0.3, -0.25) is 9.36 Å². The van der Waals surface area contributed by atoms with Crippen LogP contribution in [-0.4, -0.2) is 45.2 Å². The fourth-order valence-electron chi connectivity index (χ4n) is 4.09. The number of likely N-dealkylation sites (tertiary alicyclic amines) is 1. The second kappa shape index (κ2) is 9.14. The molecule has 7 heteroatoms. The summed E-state index contributed by atoms with van der Waals surface area (Å²) in [6.45, 7) is 7.24. The fourth-order valence-corrected chi connectivity index (χ4v) is 4.25. The van der Waals surface area contributed by atoms with E-state index in [0.29, 0.717) is 35.8 Å². The molecule has 0 unspecified atom stereocenters. The molecule has 1 fully saturated rings. The SMILES string of the molecule is CCc1nc2cnc(Cl)cc2c(=O)n1-c1ccc(OCCCN2CCC[C@@H]2C)cc1. The highest BCUT2D eigenvalue weighted by Crippen LogP contribution is 2.19. The van der Waals surface area contributed by atoms with Crippen molar-refractivity contribution in [2.75, 3.05) is 19.7 Å². The number of aryl methyl sites for hydroxylation is 1. The Balaban J connectivity index is 1.49. The Hall–Kier alpha value is -2.44. The average Bonchev–Trinajstić information content (AvgIpc) is 3.17. The summed E-state index contributed by atoms with van der Waals surface area (Å²) in [5, 5.41) is 0.743. The minimum Gasteiger partial charge on any atom is -0.494 e. The molecule has 6 nitrogen and oxygen atoms in total. The van der Waals surface area contributed by atoms with Crippen LogP contribution in [0.3, 0.4) is 0 Å². The lowest BCUT2D eigenvalue weighted by Gasteiger charge is -2.20. The highest BCUT2D eigenvalue weighted by molar-refractivity contribution is 6.30. The van der Waals surface area contributed by atoms with Crippen LogP contribution in [0.4, 0.5) is 0 Å². The Bertz CT molecular complexity index is 1080. The standard InChI is InChI=1S/C23H27ClN4O2/c1-3-22-26-20-15-25-21(24)14-19(20)23(29)28(22)17-7-9-18(10-8-17)30-13-5-12-27-11-4-6-16(27)2/h7-10,14-16H,3-6,11-13H2,1-2H3/t16-/m0/s1. The van der Waals surface area contributed by atoms with Gasteiger partial charge in [0.2, 0.25) is 0 Å². The van der Waals surface area contributed by atoms with Crippen molar-refractivity contribution >= 4 is 22.5 Å². The Labute approximate surface area is 181 Å². The van der Waals surface area contributed by atoms with Gasteiger partial charge < -0.3 is 9.64 Å². The van der Waals surface area contributed by atoms with E-state index in [0.717, 1.165) is 24.4 Å². The number of rotatable bonds is 7. The molecule has 3 heterocycles. The summed E-state index contributed by atoms with van der Waals surface area (Å²) in [5.74, 6) is 1.49. The van der Waals surface area contributed by atoms with Crippen molar-refractivity contribution in [3.63, 3.8) is 0 Å². The van der Waals surface area contributed by atoms with E-state index in [1.54, 1.807) is 16.8 Å². The number of nitrogens with zero attached hydrogens (tertiary/aromatic N) is 4. The molecule has 0 radical (unpaired) electrons. The number of ether oxygens (including phenoxy) is 1. The van der Waals surface area contributed by atoms with E-state index in [1.807, 2.05) is 31.2 Å². The van der Waals surface area contributed by atoms with Gasteiger partial charge in [-0.25, -0.2) is 9.97 Å². The van der Waals surface area contributed by atoms with E-state index in [2.05, 4.69) is 21.8 Å². The third kappa shape index (κ3) is 4.35. The Morgan fingerprint density at radius 3 is 2.77 bits per heavy atom. The van der Waals surface area contributed by atoms with Gasteiger partial charge in [0.25, 0.3) is 5.56 Å². The van der Waals surface area contributed by atoms with E-state index in [9.17, 15) is 4.79 Å². The predicted molar refractivity (Wildman–Crippen MR) is 120 cm³/mol. The lowest BCUT2D eigenvalue weighted by molar-refractivity contribution is 0.230. The maximum absolute atomic E-state index is 13.1. The molecule has 3 aromatic rings. The largest absolute Gasteiger partial charge is 0.494 e. The summed E-state index contributed by atoms with van der Waals surface area (Å²) < 4.78 is 7.55. The summed E-state index contributed by atoms with van der Waals surface area (Å²) >= 11 is 5.99. The number of pyridine rings is 1. The highest BCUT2D eigenvalue weighted by atomic mass is 35.5. The maximum atomic E-state index is 13.1. The van der Waals surface area contributed by atoms with Crippen LogP contribution in [0.2, 0.25) is 5.15 Å². The van der Waals surface area contributed by atoms with E-state index >= 15 is 0 Å². The second-order valence-corrected chi connectivity index (χ2v) is 8.16. The quantitative estimate of drug-likeness (QED) is 0.417. The number of hydrogen-bond acceptors (Lipinski definition) is 5. The third-order valence-corrected chi connectivity index (χ3v) is 5.96. The molecule has 1 aliphatic rings. The normalized spacial score (nSPS) is 17.0. The first-order chi connectivity index (χ1) is 14.6. The average molecular weight is 427 g/mol. The predicted octanol–water partition coefficient (Wildman–Crippen LogP) is 4.25. The molecular weight excluding hydrogens is 400 g/mol. The monoisotopic (exact) mass is 426 g/mol. The van der Waals surface area contributed by atoms with Gasteiger partial charge >= 0.3 is 0 Å². The summed E-state index contributed by atoms with van der Waals surface area (Å²) in [5.41, 5.74) is 1.18. The molecular formula is C23H27ClN4O2. The lowest BCUT2D eigenvalue weighted by Crippen LogP contribution is -2.28. The van der Waals surface area contributed by atoms with Crippen LogP contribution in [0.15, 0.2) is 41.3 Å². The molecule has 0 aliphatic carbocycles. The molecule has 30 heavy (non-hydrogen) atoms. The van der Waals surface area contributed by atoms with Crippen molar-refractivity contribution in [2.45, 2.75) is 45.6 Å². The molecule has 0 saturated carbocycles. The van der Waals surface area contributed by atoms with Crippen LogP contribution in [0, 0.1) is 0 Å². The third-order valence-electron chi connectivity index (χ3n) is 5.75. The highest BCUT2D eigenvalue weighted by Gasteiger charge is 2.19. The van der Waals surface area contributed by atoms with Crippen LogP contribution in [0.5, 0.6) is 5.75 Å². The van der Waals surface area contributed by atoms with Gasteiger partial charge in [-0.1, -0.05) is 18.5 Å². The smallest absolute Gasteiger partial charge is 0.266 e. The molecule has 2 aromatic heterocycles. The topological polar surface area (TPSA) is 60.3 Å². The summed E-state index contributed by atoms with van der Waals surface area (Å²) in [7, 11) is 0. The number of halogens is 1. The summed E-state index contributed by atoms with van der Waals surface area (Å²) in [4.78, 5) is 24.3. The lowest BCUT2D eigenvalue weighted by atomic mass is 10.2. The van der Waals surface area contributed by atoms with Gasteiger partial charge in [0.1, 0.15) is 16.7 Å². The number of hydrogen-bond donors (Lipinski definition) is 0. The molecule has 1 saturated heterocycles. The van der Waals surface area contributed by atoms with Crippen LogP contribution in [0.25, 0.3) is 16.6 Å². The Kier molecular flexibility index (Phi) is 6.35. The zero-order valence-electron chi connectivity index (χ0n) is 17.5. The van der Waals surface area contributed by atoms with Crippen LogP contribution >= 0.6 is 11.6 Å². The first kappa shape index (κ1) is 20.8. The Morgan fingerprint density at radius 1 is 1.27 bits per heavy atom. The van der Waals surface area contributed by atoms with Crippen LogP contribution in [0.1, 0.15) is 38.9 Å². The second-order valence-electron chi connectivity index (χ2n) is 7.77. The van der Waals surface area contributed by atoms with E-state index in [1.165, 1.54) is 19.4 Å². The van der Waals surface area contributed by atoms with E-state index < -0.39 is 0 Å². The molecule has 0 bridgehead atoms. The zero-order valence-corrected chi connectivity index (χ0v) is 18.2. The number of benzene rings is 1. The molecule has 1 atom stereocenters. The van der Waals surface area contributed by atoms with Gasteiger partial charge in [-0.2, -0.15) is 0 Å². The van der Waals surface area contributed by atoms with E-state index in [4.69, 9.17) is 16.3 Å². The van der Waals surface area contributed by atoms with Crippen molar-refractivity contribution in [3.8, 4) is 11.4 Å². The molecule has 0 amide bonds. The molecule has 4 rings (SSSR count). The number of fused-ring (bicyclic) bond motifs is 1. The van der Waals surface area contributed by atoms with Gasteiger partial charge in [0, 0.05) is 19.0 Å². The van der Waals surface area contributed by atoms with Crippen molar-refractivity contribution < 1.29 is 4.74 Å². The van der Waals surface area contributed by atoms with Crippen LogP contribution in [-0.2, 0) is 6.42 Å². The molecule has 1 aliphatic heterocycles.